The molecule has 0 fully saturated rings. The van der Waals surface area contributed by atoms with Gasteiger partial charge in [-0.25, -0.2) is 0 Å². The van der Waals surface area contributed by atoms with Crippen molar-refractivity contribution in [1.29, 1.82) is 0 Å². The van der Waals surface area contributed by atoms with E-state index in [1.807, 2.05) is 0 Å². The Morgan fingerprint density at radius 3 is 2.74 bits per heavy atom. The maximum absolute atomic E-state index is 12.0. The Morgan fingerprint density at radius 1 is 1.37 bits per heavy atom. The molecule has 0 aromatic heterocycles. The van der Waals surface area contributed by atoms with Crippen LogP contribution in [0.25, 0.3) is 0 Å². The summed E-state index contributed by atoms with van der Waals surface area (Å²) < 4.78 is 40.7. The summed E-state index contributed by atoms with van der Waals surface area (Å²) in [5.74, 6) is 0.201. The Bertz CT molecular complexity index is 380. The number of nitrogens with one attached hydrogen (secondary N) is 1. The molecule has 0 aliphatic heterocycles. The fraction of sp³-hybridized carbons (Fsp3) is 0.538. The summed E-state index contributed by atoms with van der Waals surface area (Å²) in [6.45, 7) is 1.58. The summed E-state index contributed by atoms with van der Waals surface area (Å²) in [5, 5.41) is 12.2. The molecule has 3 nitrogen and oxygen atoms in total. The zero-order chi connectivity index (χ0) is 14.3. The molecule has 1 aromatic carbocycles. The van der Waals surface area contributed by atoms with E-state index in [1.54, 1.807) is 25.1 Å². The predicted octanol–water partition coefficient (Wildman–Crippen LogP) is 2.49. The zero-order valence-corrected chi connectivity index (χ0v) is 10.7. The summed E-state index contributed by atoms with van der Waals surface area (Å²) >= 11 is 0. The third-order valence-electron chi connectivity index (χ3n) is 2.37. The van der Waals surface area contributed by atoms with Gasteiger partial charge in [-0.2, -0.15) is 13.2 Å². The van der Waals surface area contributed by atoms with E-state index in [9.17, 15) is 13.2 Å². The summed E-state index contributed by atoms with van der Waals surface area (Å²) in [4.78, 5) is 0. The summed E-state index contributed by atoms with van der Waals surface area (Å²) in [6.07, 6.45) is -4.07. The van der Waals surface area contributed by atoms with Gasteiger partial charge in [0.25, 0.3) is 0 Å². The molecule has 19 heavy (non-hydrogen) atoms. The van der Waals surface area contributed by atoms with Crippen LogP contribution in [0.5, 0.6) is 5.75 Å². The average molecular weight is 277 g/mol. The van der Waals surface area contributed by atoms with Crippen LogP contribution in [-0.2, 0) is 6.54 Å². The van der Waals surface area contributed by atoms with Gasteiger partial charge < -0.3 is 15.2 Å². The molecule has 6 heteroatoms. The number of aliphatic hydroxyl groups is 1. The molecule has 0 spiro atoms. The SMILES string of the molecule is CC(O)CCNCc1cccc(OCC(F)(F)F)c1. The van der Waals surface area contributed by atoms with E-state index in [0.29, 0.717) is 19.5 Å². The molecular formula is C13H18F3NO2. The number of hydrogen-bond donors (Lipinski definition) is 2. The second kappa shape index (κ2) is 7.35. The van der Waals surface area contributed by atoms with Gasteiger partial charge in [0.1, 0.15) is 5.75 Å². The van der Waals surface area contributed by atoms with Gasteiger partial charge in [-0.1, -0.05) is 12.1 Å². The second-order valence-corrected chi connectivity index (χ2v) is 4.37. The van der Waals surface area contributed by atoms with Crippen molar-refractivity contribution in [3.63, 3.8) is 0 Å². The van der Waals surface area contributed by atoms with Gasteiger partial charge in [-0.3, -0.25) is 0 Å². The maximum Gasteiger partial charge on any atom is 0.422 e. The first-order valence-electron chi connectivity index (χ1n) is 6.04. The van der Waals surface area contributed by atoms with Crippen LogP contribution in [0.2, 0.25) is 0 Å². The first kappa shape index (κ1) is 15.8. The number of alkyl halides is 3. The van der Waals surface area contributed by atoms with Crippen LogP contribution in [-0.4, -0.2) is 30.5 Å². The van der Waals surface area contributed by atoms with E-state index < -0.39 is 12.8 Å². The number of rotatable bonds is 7. The summed E-state index contributed by atoms with van der Waals surface area (Å²) in [7, 11) is 0. The molecule has 0 saturated heterocycles. The van der Waals surface area contributed by atoms with E-state index >= 15 is 0 Å². The molecule has 0 bridgehead atoms. The van der Waals surface area contributed by atoms with Crippen molar-refractivity contribution in [3.8, 4) is 5.75 Å². The molecule has 0 saturated carbocycles. The van der Waals surface area contributed by atoms with Gasteiger partial charge in [0.2, 0.25) is 0 Å². The highest BCUT2D eigenvalue weighted by Crippen LogP contribution is 2.19. The van der Waals surface area contributed by atoms with E-state index in [1.165, 1.54) is 6.07 Å². The van der Waals surface area contributed by atoms with Crippen LogP contribution < -0.4 is 10.1 Å². The molecule has 0 aliphatic carbocycles. The molecule has 0 heterocycles. The molecule has 1 atom stereocenters. The predicted molar refractivity (Wildman–Crippen MR) is 66.0 cm³/mol. The lowest BCUT2D eigenvalue weighted by Gasteiger charge is -2.11. The average Bonchev–Trinajstić information content (AvgIpc) is 2.32. The molecule has 1 aromatic rings. The van der Waals surface area contributed by atoms with Gasteiger partial charge in [-0.05, 0) is 37.6 Å². The van der Waals surface area contributed by atoms with Gasteiger partial charge in [-0.15, -0.1) is 0 Å². The van der Waals surface area contributed by atoms with E-state index in [4.69, 9.17) is 5.11 Å². The third-order valence-corrected chi connectivity index (χ3v) is 2.37. The Balaban J connectivity index is 2.39. The van der Waals surface area contributed by atoms with Crippen molar-refractivity contribution in [2.45, 2.75) is 32.2 Å². The van der Waals surface area contributed by atoms with Gasteiger partial charge >= 0.3 is 6.18 Å². The number of halogens is 3. The number of aliphatic hydroxyl groups excluding tert-OH is 1. The topological polar surface area (TPSA) is 41.5 Å². The fourth-order valence-corrected chi connectivity index (χ4v) is 1.45. The minimum absolute atomic E-state index is 0.201. The monoisotopic (exact) mass is 277 g/mol. The van der Waals surface area contributed by atoms with E-state index in [0.717, 1.165) is 5.56 Å². The standard InChI is InChI=1S/C13H18F3NO2/c1-10(18)5-6-17-8-11-3-2-4-12(7-11)19-9-13(14,15)16/h2-4,7,10,17-18H,5-6,8-9H2,1H3. The normalized spacial score (nSPS) is 13.3. The summed E-state index contributed by atoms with van der Waals surface area (Å²) in [5.41, 5.74) is 0.838. The largest absolute Gasteiger partial charge is 0.484 e. The van der Waals surface area contributed by atoms with Crippen LogP contribution >= 0.6 is 0 Å². The highest BCUT2D eigenvalue weighted by atomic mass is 19.4. The fourth-order valence-electron chi connectivity index (χ4n) is 1.45. The lowest BCUT2D eigenvalue weighted by atomic mass is 10.2. The molecule has 0 radical (unpaired) electrons. The molecule has 2 N–H and O–H groups in total. The van der Waals surface area contributed by atoms with Crippen molar-refractivity contribution in [2.24, 2.45) is 0 Å². The highest BCUT2D eigenvalue weighted by Gasteiger charge is 2.28. The smallest absolute Gasteiger partial charge is 0.422 e. The van der Waals surface area contributed by atoms with E-state index in [2.05, 4.69) is 10.1 Å². The first-order chi connectivity index (χ1) is 8.87. The molecule has 0 aliphatic rings. The van der Waals surface area contributed by atoms with Crippen LogP contribution in [0.1, 0.15) is 18.9 Å². The second-order valence-electron chi connectivity index (χ2n) is 4.37. The van der Waals surface area contributed by atoms with Crippen molar-refractivity contribution < 1.29 is 23.0 Å². The highest BCUT2D eigenvalue weighted by molar-refractivity contribution is 5.28. The summed E-state index contributed by atoms with van der Waals surface area (Å²) in [6, 6.07) is 6.51. The Labute approximate surface area is 110 Å². The molecule has 1 unspecified atom stereocenters. The Hall–Kier alpha value is -1.27. The Kier molecular flexibility index (Phi) is 6.11. The Morgan fingerprint density at radius 2 is 2.11 bits per heavy atom. The minimum Gasteiger partial charge on any atom is -0.484 e. The molecule has 1 rings (SSSR count). The number of ether oxygens (including phenoxy) is 1. The van der Waals surface area contributed by atoms with Crippen LogP contribution in [0.4, 0.5) is 13.2 Å². The van der Waals surface area contributed by atoms with Crippen molar-refractivity contribution in [2.75, 3.05) is 13.2 Å². The van der Waals surface area contributed by atoms with Crippen LogP contribution in [0.15, 0.2) is 24.3 Å². The lowest BCUT2D eigenvalue weighted by Crippen LogP contribution is -2.20. The quantitative estimate of drug-likeness (QED) is 0.752. The van der Waals surface area contributed by atoms with Gasteiger partial charge in [0.15, 0.2) is 6.61 Å². The number of hydrogen-bond acceptors (Lipinski definition) is 3. The van der Waals surface area contributed by atoms with Crippen molar-refractivity contribution in [3.05, 3.63) is 29.8 Å². The van der Waals surface area contributed by atoms with Crippen molar-refractivity contribution in [1.82, 2.24) is 5.32 Å². The van der Waals surface area contributed by atoms with Gasteiger partial charge in [0.05, 0.1) is 6.10 Å². The van der Waals surface area contributed by atoms with Crippen LogP contribution in [0, 0.1) is 0 Å². The third kappa shape index (κ3) is 7.69. The zero-order valence-electron chi connectivity index (χ0n) is 10.7. The number of benzene rings is 1. The molecule has 108 valence electrons. The van der Waals surface area contributed by atoms with Crippen LogP contribution in [0.3, 0.4) is 0 Å². The van der Waals surface area contributed by atoms with Gasteiger partial charge in [0, 0.05) is 6.54 Å². The lowest BCUT2D eigenvalue weighted by molar-refractivity contribution is -0.153. The van der Waals surface area contributed by atoms with E-state index in [-0.39, 0.29) is 11.9 Å². The maximum atomic E-state index is 12.0. The molecular weight excluding hydrogens is 259 g/mol. The molecule has 0 amide bonds. The minimum atomic E-state index is -4.33. The van der Waals surface area contributed by atoms with Crippen molar-refractivity contribution >= 4 is 0 Å². The first-order valence-corrected chi connectivity index (χ1v) is 6.04.